The summed E-state index contributed by atoms with van der Waals surface area (Å²) in [5, 5.41) is 3.51. The second-order valence-corrected chi connectivity index (χ2v) is 6.79. The highest BCUT2D eigenvalue weighted by molar-refractivity contribution is 5.22. The molecule has 1 aromatic heterocycles. The molecule has 1 fully saturated rings. The molecule has 2 rings (SSSR count). The van der Waals surface area contributed by atoms with Crippen molar-refractivity contribution in [3.63, 3.8) is 0 Å². The van der Waals surface area contributed by atoms with E-state index in [2.05, 4.69) is 58.0 Å². The van der Waals surface area contributed by atoms with Crippen LogP contribution in [0.4, 0.5) is 0 Å². The second-order valence-electron chi connectivity index (χ2n) is 6.79. The molecule has 0 saturated heterocycles. The number of hydrogen-bond donors (Lipinski definition) is 1. The van der Waals surface area contributed by atoms with E-state index in [1.54, 1.807) is 0 Å². The van der Waals surface area contributed by atoms with Crippen molar-refractivity contribution in [3.8, 4) is 0 Å². The lowest BCUT2D eigenvalue weighted by Crippen LogP contribution is -2.33. The monoisotopic (exact) mass is 246 g/mol. The maximum Gasteiger partial charge on any atom is 0.0448 e. The highest BCUT2D eigenvalue weighted by atomic mass is 14.9. The Morgan fingerprint density at radius 1 is 1.28 bits per heavy atom. The van der Waals surface area contributed by atoms with Crippen LogP contribution in [0, 0.1) is 23.7 Å². The highest BCUT2D eigenvalue weighted by Gasteiger charge is 2.66. The lowest BCUT2D eigenvalue weighted by molar-refractivity contribution is 0.417. The third kappa shape index (κ3) is 1.97. The first kappa shape index (κ1) is 13.5. The Hall–Kier alpha value is -0.890. The molecular weight excluding hydrogens is 220 g/mol. The van der Waals surface area contributed by atoms with E-state index in [9.17, 15) is 0 Å². The third-order valence-corrected chi connectivity index (χ3v) is 5.44. The average molecular weight is 246 g/mol. The molecule has 100 valence electrons. The van der Waals surface area contributed by atoms with Crippen LogP contribution >= 0.6 is 0 Å². The van der Waals surface area contributed by atoms with E-state index in [0.29, 0.717) is 16.9 Å². The van der Waals surface area contributed by atoms with E-state index < -0.39 is 0 Å². The molecule has 2 nitrogen and oxygen atoms in total. The summed E-state index contributed by atoms with van der Waals surface area (Å²) in [4.78, 5) is 4.53. The summed E-state index contributed by atoms with van der Waals surface area (Å²) in [6.45, 7) is 11.7. The topological polar surface area (TPSA) is 24.9 Å². The molecule has 1 unspecified atom stereocenters. The fourth-order valence-electron chi connectivity index (χ4n) is 3.58. The van der Waals surface area contributed by atoms with E-state index in [-0.39, 0.29) is 0 Å². The molecule has 1 aliphatic carbocycles. The van der Waals surface area contributed by atoms with Gasteiger partial charge >= 0.3 is 0 Å². The van der Waals surface area contributed by atoms with Crippen LogP contribution in [0.2, 0.25) is 0 Å². The Morgan fingerprint density at radius 2 is 1.89 bits per heavy atom. The Kier molecular flexibility index (Phi) is 3.26. The molecule has 1 atom stereocenters. The normalized spacial score (nSPS) is 22.8. The summed E-state index contributed by atoms with van der Waals surface area (Å²) in [5.41, 5.74) is 3.37. The fourth-order valence-corrected chi connectivity index (χ4v) is 3.58. The Morgan fingerprint density at radius 3 is 2.33 bits per heavy atom. The summed E-state index contributed by atoms with van der Waals surface area (Å²) in [6, 6.07) is 4.68. The van der Waals surface area contributed by atoms with E-state index in [4.69, 9.17) is 0 Å². The van der Waals surface area contributed by atoms with Crippen molar-refractivity contribution in [1.29, 1.82) is 0 Å². The van der Waals surface area contributed by atoms with Crippen LogP contribution in [0.15, 0.2) is 18.3 Å². The van der Waals surface area contributed by atoms with Gasteiger partial charge < -0.3 is 5.32 Å². The lowest BCUT2D eigenvalue weighted by atomic mass is 9.98. The van der Waals surface area contributed by atoms with Gasteiger partial charge in [0.1, 0.15) is 0 Å². The number of likely N-dealkylation sites (N-methyl/N-ethyl adjacent to an activating group) is 1. The van der Waals surface area contributed by atoms with E-state index in [1.165, 1.54) is 11.3 Å². The van der Waals surface area contributed by atoms with Crippen molar-refractivity contribution in [3.05, 3.63) is 29.6 Å². The summed E-state index contributed by atoms with van der Waals surface area (Å²) in [5.74, 6) is 0.719. The third-order valence-electron chi connectivity index (χ3n) is 5.44. The fraction of sp³-hybridized carbons (Fsp3) is 0.688. The standard InChI is InChI=1S/C16H26N2/c1-11-8-7-9-18-12(11)10-13(17-6)14-15(2,3)16(14,4)5/h7-9,13-14,17H,10H2,1-6H3. The number of aryl methyl sites for hydroxylation is 1. The van der Waals surface area contributed by atoms with Crippen molar-refractivity contribution in [2.75, 3.05) is 7.05 Å². The number of aromatic nitrogens is 1. The van der Waals surface area contributed by atoms with Crippen LogP contribution in [0.3, 0.4) is 0 Å². The number of hydrogen-bond acceptors (Lipinski definition) is 2. The molecule has 0 bridgehead atoms. The summed E-state index contributed by atoms with van der Waals surface area (Å²) < 4.78 is 0. The molecule has 1 saturated carbocycles. The molecule has 1 aliphatic rings. The molecule has 1 aromatic rings. The Bertz CT molecular complexity index is 420. The smallest absolute Gasteiger partial charge is 0.0448 e. The van der Waals surface area contributed by atoms with Gasteiger partial charge in [0.2, 0.25) is 0 Å². The van der Waals surface area contributed by atoms with Gasteiger partial charge in [0.25, 0.3) is 0 Å². The first-order chi connectivity index (χ1) is 8.32. The Balaban J connectivity index is 2.16. The van der Waals surface area contributed by atoms with Crippen molar-refractivity contribution >= 4 is 0 Å². The zero-order valence-corrected chi connectivity index (χ0v) is 12.5. The molecule has 1 heterocycles. The lowest BCUT2D eigenvalue weighted by Gasteiger charge is -2.19. The molecule has 0 spiro atoms. The van der Waals surface area contributed by atoms with E-state index >= 15 is 0 Å². The summed E-state index contributed by atoms with van der Waals surface area (Å²) in [6.07, 6.45) is 2.93. The molecule has 0 aliphatic heterocycles. The maximum absolute atomic E-state index is 4.53. The number of nitrogens with one attached hydrogen (secondary N) is 1. The SMILES string of the molecule is CNC(Cc1ncccc1C)C1C(C)(C)C1(C)C. The molecular formula is C16H26N2. The van der Waals surface area contributed by atoms with Crippen LogP contribution in [0.1, 0.15) is 39.0 Å². The summed E-state index contributed by atoms with van der Waals surface area (Å²) in [7, 11) is 2.08. The maximum atomic E-state index is 4.53. The van der Waals surface area contributed by atoms with Gasteiger partial charge in [-0.25, -0.2) is 0 Å². The minimum absolute atomic E-state index is 0.420. The van der Waals surface area contributed by atoms with Gasteiger partial charge in [-0.3, -0.25) is 4.98 Å². The van der Waals surface area contributed by atoms with Gasteiger partial charge in [0, 0.05) is 24.4 Å². The van der Waals surface area contributed by atoms with E-state index in [0.717, 1.165) is 12.3 Å². The number of nitrogens with zero attached hydrogens (tertiary/aromatic N) is 1. The molecule has 18 heavy (non-hydrogen) atoms. The second kappa shape index (κ2) is 4.34. The van der Waals surface area contributed by atoms with Crippen LogP contribution in [0.5, 0.6) is 0 Å². The zero-order valence-electron chi connectivity index (χ0n) is 12.5. The quantitative estimate of drug-likeness (QED) is 0.882. The van der Waals surface area contributed by atoms with Crippen molar-refractivity contribution < 1.29 is 0 Å². The van der Waals surface area contributed by atoms with Gasteiger partial charge in [-0.05, 0) is 42.3 Å². The zero-order chi connectivity index (χ0) is 13.6. The van der Waals surface area contributed by atoms with Gasteiger partial charge in [-0.2, -0.15) is 0 Å². The average Bonchev–Trinajstić information content (AvgIpc) is 2.70. The molecule has 1 N–H and O–H groups in total. The van der Waals surface area contributed by atoms with Crippen LogP contribution in [-0.4, -0.2) is 18.1 Å². The molecule has 2 heteroatoms. The minimum atomic E-state index is 0.420. The van der Waals surface area contributed by atoms with Crippen molar-refractivity contribution in [1.82, 2.24) is 10.3 Å². The van der Waals surface area contributed by atoms with Gasteiger partial charge in [-0.15, -0.1) is 0 Å². The largest absolute Gasteiger partial charge is 0.316 e. The van der Waals surface area contributed by atoms with Crippen LogP contribution in [0.25, 0.3) is 0 Å². The van der Waals surface area contributed by atoms with E-state index in [1.807, 2.05) is 12.3 Å². The van der Waals surface area contributed by atoms with Crippen LogP contribution < -0.4 is 5.32 Å². The number of rotatable bonds is 4. The highest BCUT2D eigenvalue weighted by Crippen LogP contribution is 2.69. The molecule has 0 amide bonds. The number of pyridine rings is 1. The van der Waals surface area contributed by atoms with Crippen molar-refractivity contribution in [2.45, 2.75) is 47.1 Å². The summed E-state index contributed by atoms with van der Waals surface area (Å²) >= 11 is 0. The molecule has 0 aromatic carbocycles. The van der Waals surface area contributed by atoms with Gasteiger partial charge in [0.05, 0.1) is 0 Å². The van der Waals surface area contributed by atoms with Gasteiger partial charge in [-0.1, -0.05) is 33.8 Å². The van der Waals surface area contributed by atoms with Crippen LogP contribution in [-0.2, 0) is 6.42 Å². The first-order valence-corrected chi connectivity index (χ1v) is 6.90. The van der Waals surface area contributed by atoms with Crippen molar-refractivity contribution in [2.24, 2.45) is 16.7 Å². The predicted octanol–water partition coefficient (Wildman–Crippen LogP) is 3.20. The predicted molar refractivity (Wildman–Crippen MR) is 76.6 cm³/mol. The first-order valence-electron chi connectivity index (χ1n) is 6.90. The van der Waals surface area contributed by atoms with Gasteiger partial charge in [0.15, 0.2) is 0 Å². The minimum Gasteiger partial charge on any atom is -0.316 e. The molecule has 0 radical (unpaired) electrons. The Labute approximate surface area is 111 Å².